The number of hydrogen-bond donors (Lipinski definition) is 1. The summed E-state index contributed by atoms with van der Waals surface area (Å²) in [6, 6.07) is 0.0312. The molecule has 7 heteroatoms. The zero-order valence-corrected chi connectivity index (χ0v) is 8.99. The van der Waals surface area contributed by atoms with Gasteiger partial charge < -0.3 is 4.74 Å². The summed E-state index contributed by atoms with van der Waals surface area (Å²) in [5.74, 6) is 0.907. The Hall–Kier alpha value is -0.635. The Morgan fingerprint density at radius 1 is 1.69 bits per heavy atom. The standard InChI is InChI=1S/C6H12BFN3OP/c1-3(2)4-9-5(11-10-4)12-6(7,8)13/h3H,7,13H2,1-2H3,(H,9,10,11). The van der Waals surface area contributed by atoms with Crippen LogP contribution in [0.4, 0.5) is 4.39 Å². The Morgan fingerprint density at radius 3 is 2.69 bits per heavy atom. The van der Waals surface area contributed by atoms with Crippen molar-refractivity contribution in [2.75, 3.05) is 0 Å². The normalized spacial score (nSPS) is 15.8. The van der Waals surface area contributed by atoms with Crippen molar-refractivity contribution in [2.24, 2.45) is 0 Å². The first-order valence-electron chi connectivity index (χ1n) is 3.97. The van der Waals surface area contributed by atoms with Crippen LogP contribution in [0.2, 0.25) is 0 Å². The summed E-state index contributed by atoms with van der Waals surface area (Å²) >= 11 is 0. The number of alkyl halides is 1. The Bertz CT molecular complexity index is 286. The summed E-state index contributed by atoms with van der Waals surface area (Å²) in [5, 5.41) is 6.38. The Balaban J connectivity index is 2.70. The molecule has 1 rings (SSSR count). The molecule has 1 N–H and O–H groups in total. The maximum absolute atomic E-state index is 12.9. The third-order valence-electron chi connectivity index (χ3n) is 1.32. The molecule has 0 radical (unpaired) electrons. The van der Waals surface area contributed by atoms with Crippen LogP contribution in [0.25, 0.3) is 0 Å². The van der Waals surface area contributed by atoms with Crippen LogP contribution in [0.15, 0.2) is 0 Å². The lowest BCUT2D eigenvalue weighted by Gasteiger charge is -2.12. The quantitative estimate of drug-likeness (QED) is 0.571. The van der Waals surface area contributed by atoms with Crippen LogP contribution in [-0.2, 0) is 0 Å². The highest BCUT2D eigenvalue weighted by molar-refractivity contribution is 7.21. The van der Waals surface area contributed by atoms with Gasteiger partial charge in [-0.3, -0.25) is 5.10 Å². The van der Waals surface area contributed by atoms with Crippen molar-refractivity contribution < 1.29 is 9.13 Å². The summed E-state index contributed by atoms with van der Waals surface area (Å²) in [7, 11) is 3.18. The third kappa shape index (κ3) is 3.31. The zero-order chi connectivity index (χ0) is 10.1. The van der Waals surface area contributed by atoms with E-state index in [1.54, 1.807) is 0 Å². The van der Waals surface area contributed by atoms with Crippen molar-refractivity contribution in [3.8, 4) is 6.01 Å². The fourth-order valence-electron chi connectivity index (χ4n) is 0.740. The lowest BCUT2D eigenvalue weighted by molar-refractivity contribution is 0.0985. The summed E-state index contributed by atoms with van der Waals surface area (Å²) in [4.78, 5) is 3.95. The minimum absolute atomic E-state index is 0.0312. The molecule has 0 fully saturated rings. The van der Waals surface area contributed by atoms with E-state index >= 15 is 0 Å². The summed E-state index contributed by atoms with van der Waals surface area (Å²) in [6.07, 6.45) is 0. The van der Waals surface area contributed by atoms with Gasteiger partial charge in [-0.25, -0.2) is 4.39 Å². The Labute approximate surface area is 79.3 Å². The Kier molecular flexibility index (Phi) is 2.91. The highest BCUT2D eigenvalue weighted by Crippen LogP contribution is 2.20. The van der Waals surface area contributed by atoms with Crippen LogP contribution >= 0.6 is 9.24 Å². The molecule has 0 aliphatic heterocycles. The molecule has 1 aromatic rings. The van der Waals surface area contributed by atoms with Gasteiger partial charge in [0.15, 0.2) is 0 Å². The number of hydrogen-bond acceptors (Lipinski definition) is 3. The largest absolute Gasteiger partial charge is 0.431 e. The molecule has 2 atom stereocenters. The van der Waals surface area contributed by atoms with Gasteiger partial charge in [-0.05, 0) is 0 Å². The average molecular weight is 203 g/mol. The predicted octanol–water partition coefficient (Wildman–Crippen LogP) is 0.396. The van der Waals surface area contributed by atoms with Crippen molar-refractivity contribution >= 4 is 17.1 Å². The summed E-state index contributed by atoms with van der Waals surface area (Å²) in [5.41, 5.74) is -1.82. The van der Waals surface area contributed by atoms with Gasteiger partial charge in [-0.2, -0.15) is 4.98 Å². The lowest BCUT2D eigenvalue weighted by Crippen LogP contribution is -2.22. The van der Waals surface area contributed by atoms with Gasteiger partial charge in [0.1, 0.15) is 5.82 Å². The SMILES string of the molecule is BC(F)(P)Oc1n[nH]c(C(C)C)n1. The minimum Gasteiger partial charge on any atom is -0.431 e. The number of halogens is 1. The highest BCUT2D eigenvalue weighted by atomic mass is 31.0. The monoisotopic (exact) mass is 203 g/mol. The van der Waals surface area contributed by atoms with E-state index in [0.29, 0.717) is 5.82 Å². The average Bonchev–Trinajstić information content (AvgIpc) is 2.31. The summed E-state index contributed by atoms with van der Waals surface area (Å²) in [6.45, 7) is 3.92. The third-order valence-corrected chi connectivity index (χ3v) is 1.44. The smallest absolute Gasteiger partial charge is 0.337 e. The molecule has 72 valence electrons. The molecular formula is C6H12BFN3OP. The number of H-pyrrole nitrogens is 1. The van der Waals surface area contributed by atoms with E-state index in [0.717, 1.165) is 0 Å². The zero-order valence-electron chi connectivity index (χ0n) is 7.84. The van der Waals surface area contributed by atoms with E-state index in [4.69, 9.17) is 4.74 Å². The van der Waals surface area contributed by atoms with E-state index < -0.39 is 5.50 Å². The maximum atomic E-state index is 12.9. The number of nitrogens with one attached hydrogen (secondary N) is 1. The van der Waals surface area contributed by atoms with Crippen molar-refractivity contribution in [1.82, 2.24) is 15.2 Å². The van der Waals surface area contributed by atoms with E-state index in [2.05, 4.69) is 15.2 Å². The van der Waals surface area contributed by atoms with Crippen LogP contribution in [0.1, 0.15) is 25.6 Å². The second-order valence-electron chi connectivity index (χ2n) is 3.25. The number of rotatable bonds is 3. The molecule has 0 saturated carbocycles. The highest BCUT2D eigenvalue weighted by Gasteiger charge is 2.20. The molecule has 2 unspecified atom stereocenters. The van der Waals surface area contributed by atoms with E-state index in [1.807, 2.05) is 23.1 Å². The fraction of sp³-hybridized carbons (Fsp3) is 0.667. The molecular weight excluding hydrogens is 191 g/mol. The van der Waals surface area contributed by atoms with Gasteiger partial charge in [0.25, 0.3) is 0 Å². The Morgan fingerprint density at radius 2 is 2.31 bits per heavy atom. The molecule has 13 heavy (non-hydrogen) atoms. The van der Waals surface area contributed by atoms with Crippen LogP contribution in [-0.4, -0.2) is 28.5 Å². The second kappa shape index (κ2) is 3.62. The van der Waals surface area contributed by atoms with E-state index in [-0.39, 0.29) is 11.9 Å². The van der Waals surface area contributed by atoms with Crippen LogP contribution < -0.4 is 4.74 Å². The summed E-state index contributed by atoms with van der Waals surface area (Å²) < 4.78 is 17.7. The maximum Gasteiger partial charge on any atom is 0.337 e. The van der Waals surface area contributed by atoms with Crippen molar-refractivity contribution in [1.29, 1.82) is 0 Å². The number of ether oxygens (including phenoxy) is 1. The van der Waals surface area contributed by atoms with Gasteiger partial charge in [0.2, 0.25) is 13.3 Å². The topological polar surface area (TPSA) is 50.8 Å². The van der Waals surface area contributed by atoms with Crippen LogP contribution in [0.3, 0.4) is 0 Å². The number of aromatic amines is 1. The number of nitrogens with zero attached hydrogens (tertiary/aromatic N) is 2. The molecule has 0 amide bonds. The van der Waals surface area contributed by atoms with E-state index in [1.165, 1.54) is 7.85 Å². The van der Waals surface area contributed by atoms with Gasteiger partial charge >= 0.3 is 6.01 Å². The van der Waals surface area contributed by atoms with Gasteiger partial charge in [-0.1, -0.05) is 23.1 Å². The molecule has 0 aliphatic carbocycles. The molecule has 1 heterocycles. The van der Waals surface area contributed by atoms with Crippen molar-refractivity contribution in [3.63, 3.8) is 0 Å². The van der Waals surface area contributed by atoms with E-state index in [9.17, 15) is 4.39 Å². The lowest BCUT2D eigenvalue weighted by atomic mass is 10.1. The van der Waals surface area contributed by atoms with Gasteiger partial charge in [0.05, 0.1) is 0 Å². The molecule has 0 aliphatic rings. The minimum atomic E-state index is -1.82. The molecule has 0 bridgehead atoms. The van der Waals surface area contributed by atoms with Crippen LogP contribution in [0, 0.1) is 0 Å². The number of aromatic nitrogens is 3. The second-order valence-corrected chi connectivity index (χ2v) is 4.28. The van der Waals surface area contributed by atoms with Crippen molar-refractivity contribution in [2.45, 2.75) is 25.3 Å². The molecule has 0 saturated heterocycles. The fourth-order valence-corrected chi connectivity index (χ4v) is 0.846. The first kappa shape index (κ1) is 10.4. The molecule has 0 aromatic carbocycles. The van der Waals surface area contributed by atoms with Crippen molar-refractivity contribution in [3.05, 3.63) is 5.82 Å². The predicted molar refractivity (Wildman–Crippen MR) is 53.2 cm³/mol. The first-order valence-corrected chi connectivity index (χ1v) is 4.55. The molecule has 1 aromatic heterocycles. The first-order chi connectivity index (χ1) is 5.88. The van der Waals surface area contributed by atoms with Gasteiger partial charge in [-0.15, -0.1) is 5.10 Å². The molecule has 0 spiro atoms. The van der Waals surface area contributed by atoms with Gasteiger partial charge in [0, 0.05) is 5.92 Å². The van der Waals surface area contributed by atoms with Crippen LogP contribution in [0.5, 0.6) is 6.01 Å². The molecule has 4 nitrogen and oxygen atoms in total.